The minimum Gasteiger partial charge on any atom is -0.259 e. The predicted molar refractivity (Wildman–Crippen MR) is 62.2 cm³/mol. The van der Waals surface area contributed by atoms with Gasteiger partial charge in [0.2, 0.25) is 0 Å². The van der Waals surface area contributed by atoms with E-state index in [4.69, 9.17) is 13.1 Å². The third-order valence-electron chi connectivity index (χ3n) is 2.14. The SMILES string of the molecule is [C-]#[N+]c1cccc(-c2cc([N+]#[C-])ccn2)c1. The van der Waals surface area contributed by atoms with Crippen molar-refractivity contribution in [3.05, 3.63) is 65.4 Å². The van der Waals surface area contributed by atoms with E-state index in [-0.39, 0.29) is 0 Å². The van der Waals surface area contributed by atoms with Gasteiger partial charge in [0.05, 0.1) is 18.8 Å². The quantitative estimate of drug-likeness (QED) is 0.648. The second-order valence-corrected chi connectivity index (χ2v) is 3.17. The van der Waals surface area contributed by atoms with E-state index >= 15 is 0 Å². The molecule has 1 aromatic carbocycles. The zero-order valence-electron chi connectivity index (χ0n) is 8.38. The monoisotopic (exact) mass is 205 g/mol. The van der Waals surface area contributed by atoms with Crippen LogP contribution in [0.5, 0.6) is 0 Å². The molecule has 74 valence electrons. The lowest BCUT2D eigenvalue weighted by Gasteiger charge is -2.01. The van der Waals surface area contributed by atoms with Crippen LogP contribution in [0.2, 0.25) is 0 Å². The second-order valence-electron chi connectivity index (χ2n) is 3.17. The first-order chi connectivity index (χ1) is 7.83. The number of hydrogen-bond acceptors (Lipinski definition) is 1. The molecular formula is C13H7N3. The molecule has 1 aromatic heterocycles. The standard InChI is InChI=1S/C13H7N3/c1-14-11-5-3-4-10(8-11)13-9-12(15-2)6-7-16-13/h3-9H. The maximum atomic E-state index is 6.94. The van der Waals surface area contributed by atoms with Crippen LogP contribution in [0, 0.1) is 13.1 Å². The maximum Gasteiger partial charge on any atom is 0.190 e. The first-order valence-corrected chi connectivity index (χ1v) is 4.65. The average molecular weight is 205 g/mol. The molecule has 16 heavy (non-hydrogen) atoms. The molecule has 0 saturated carbocycles. The highest BCUT2D eigenvalue weighted by Gasteiger charge is 2.01. The van der Waals surface area contributed by atoms with Crippen molar-refractivity contribution >= 4 is 11.4 Å². The molecule has 0 atom stereocenters. The smallest absolute Gasteiger partial charge is 0.190 e. The average Bonchev–Trinajstić information content (AvgIpc) is 2.39. The van der Waals surface area contributed by atoms with E-state index in [1.165, 1.54) is 0 Å². The van der Waals surface area contributed by atoms with E-state index in [1.807, 2.05) is 12.1 Å². The number of nitrogens with zero attached hydrogens (tertiary/aromatic N) is 3. The van der Waals surface area contributed by atoms with Gasteiger partial charge in [0.15, 0.2) is 11.4 Å². The summed E-state index contributed by atoms with van der Waals surface area (Å²) in [7, 11) is 0. The lowest BCUT2D eigenvalue weighted by Crippen LogP contribution is -1.81. The lowest BCUT2D eigenvalue weighted by molar-refractivity contribution is 1.33. The summed E-state index contributed by atoms with van der Waals surface area (Å²) >= 11 is 0. The van der Waals surface area contributed by atoms with Gasteiger partial charge in [-0.2, -0.15) is 0 Å². The van der Waals surface area contributed by atoms with Crippen molar-refractivity contribution in [2.75, 3.05) is 0 Å². The Labute approximate surface area is 93.6 Å². The number of aromatic nitrogens is 1. The van der Waals surface area contributed by atoms with E-state index in [2.05, 4.69) is 14.7 Å². The van der Waals surface area contributed by atoms with Crippen molar-refractivity contribution in [1.29, 1.82) is 0 Å². The van der Waals surface area contributed by atoms with Crippen LogP contribution in [0.4, 0.5) is 11.4 Å². The van der Waals surface area contributed by atoms with Gasteiger partial charge in [-0.1, -0.05) is 18.2 Å². The maximum absolute atomic E-state index is 6.94. The minimum atomic E-state index is 0.554. The molecule has 0 amide bonds. The van der Waals surface area contributed by atoms with Crippen LogP contribution in [0.1, 0.15) is 0 Å². The van der Waals surface area contributed by atoms with Gasteiger partial charge >= 0.3 is 0 Å². The third-order valence-corrected chi connectivity index (χ3v) is 2.14. The van der Waals surface area contributed by atoms with Crippen LogP contribution in [0.25, 0.3) is 20.9 Å². The fraction of sp³-hybridized carbons (Fsp3) is 0. The van der Waals surface area contributed by atoms with E-state index in [0.29, 0.717) is 11.4 Å². The van der Waals surface area contributed by atoms with Crippen molar-refractivity contribution in [1.82, 2.24) is 4.98 Å². The molecule has 0 aliphatic rings. The van der Waals surface area contributed by atoms with Gasteiger partial charge in [0.25, 0.3) is 0 Å². The molecule has 0 aliphatic heterocycles. The van der Waals surface area contributed by atoms with Crippen LogP contribution < -0.4 is 0 Å². The molecule has 3 nitrogen and oxygen atoms in total. The molecule has 0 radical (unpaired) electrons. The summed E-state index contributed by atoms with van der Waals surface area (Å²) in [6.45, 7) is 13.9. The van der Waals surface area contributed by atoms with Crippen LogP contribution in [0.15, 0.2) is 42.6 Å². The molecule has 2 rings (SSSR count). The largest absolute Gasteiger partial charge is 0.259 e. The van der Waals surface area contributed by atoms with Crippen LogP contribution in [-0.2, 0) is 0 Å². The number of pyridine rings is 1. The van der Waals surface area contributed by atoms with Gasteiger partial charge in [0.1, 0.15) is 0 Å². The van der Waals surface area contributed by atoms with Gasteiger partial charge in [-0.15, -0.1) is 0 Å². The van der Waals surface area contributed by atoms with Gasteiger partial charge < -0.3 is 0 Å². The van der Waals surface area contributed by atoms with E-state index in [9.17, 15) is 0 Å². The molecule has 1 heterocycles. The first-order valence-electron chi connectivity index (χ1n) is 4.65. The Morgan fingerprint density at radius 3 is 2.44 bits per heavy atom. The van der Waals surface area contributed by atoms with Crippen molar-refractivity contribution in [2.24, 2.45) is 0 Å². The van der Waals surface area contributed by atoms with E-state index < -0.39 is 0 Å². The van der Waals surface area contributed by atoms with Gasteiger partial charge in [-0.3, -0.25) is 4.98 Å². The Kier molecular flexibility index (Phi) is 2.63. The Hall–Kier alpha value is -2.65. The summed E-state index contributed by atoms with van der Waals surface area (Å²) in [6.07, 6.45) is 1.60. The number of hydrogen-bond donors (Lipinski definition) is 0. The van der Waals surface area contributed by atoms with Crippen LogP contribution >= 0.6 is 0 Å². The third kappa shape index (κ3) is 1.89. The molecule has 0 bridgehead atoms. The molecule has 0 N–H and O–H groups in total. The van der Waals surface area contributed by atoms with Gasteiger partial charge in [0, 0.05) is 6.20 Å². The Balaban J connectivity index is 2.51. The molecule has 0 fully saturated rings. The number of rotatable bonds is 1. The highest BCUT2D eigenvalue weighted by molar-refractivity contribution is 5.68. The predicted octanol–water partition coefficient (Wildman–Crippen LogP) is 3.85. The molecular weight excluding hydrogens is 198 g/mol. The molecule has 0 unspecified atom stereocenters. The van der Waals surface area contributed by atoms with Crippen molar-refractivity contribution in [2.45, 2.75) is 0 Å². The van der Waals surface area contributed by atoms with Crippen molar-refractivity contribution < 1.29 is 0 Å². The minimum absolute atomic E-state index is 0.554. The second kappa shape index (κ2) is 4.25. The molecule has 0 saturated heterocycles. The summed E-state index contributed by atoms with van der Waals surface area (Å²) < 4.78 is 0. The summed E-state index contributed by atoms with van der Waals surface area (Å²) in [4.78, 5) is 10.9. The summed E-state index contributed by atoms with van der Waals surface area (Å²) in [5.41, 5.74) is 2.71. The first kappa shape index (κ1) is 9.89. The zero-order chi connectivity index (χ0) is 11.4. The molecule has 0 spiro atoms. The highest BCUT2D eigenvalue weighted by atomic mass is 14.7. The fourth-order valence-electron chi connectivity index (χ4n) is 1.38. The summed E-state index contributed by atoms with van der Waals surface area (Å²) in [5, 5.41) is 0. The van der Waals surface area contributed by atoms with Gasteiger partial charge in [-0.05, 0) is 23.8 Å². The molecule has 3 heteroatoms. The Morgan fingerprint density at radius 2 is 1.69 bits per heavy atom. The fourth-order valence-corrected chi connectivity index (χ4v) is 1.38. The zero-order valence-corrected chi connectivity index (χ0v) is 8.38. The Bertz CT molecular complexity index is 548. The highest BCUT2D eigenvalue weighted by Crippen LogP contribution is 2.25. The Morgan fingerprint density at radius 1 is 0.938 bits per heavy atom. The topological polar surface area (TPSA) is 21.6 Å². The summed E-state index contributed by atoms with van der Waals surface area (Å²) in [6, 6.07) is 10.6. The van der Waals surface area contributed by atoms with Crippen LogP contribution in [0.3, 0.4) is 0 Å². The van der Waals surface area contributed by atoms with Crippen molar-refractivity contribution in [3.63, 3.8) is 0 Å². The van der Waals surface area contributed by atoms with Gasteiger partial charge in [-0.25, -0.2) is 9.69 Å². The number of benzene rings is 1. The molecule has 2 aromatic rings. The van der Waals surface area contributed by atoms with E-state index in [0.717, 1.165) is 11.3 Å². The van der Waals surface area contributed by atoms with Crippen molar-refractivity contribution in [3.8, 4) is 11.3 Å². The van der Waals surface area contributed by atoms with Crippen LogP contribution in [-0.4, -0.2) is 4.98 Å². The van der Waals surface area contributed by atoms with E-state index in [1.54, 1.807) is 30.5 Å². The summed E-state index contributed by atoms with van der Waals surface area (Å²) in [5.74, 6) is 0. The molecule has 0 aliphatic carbocycles. The lowest BCUT2D eigenvalue weighted by atomic mass is 10.1. The normalized spacial score (nSPS) is 9.12.